The zero-order chi connectivity index (χ0) is 15.4. The predicted molar refractivity (Wildman–Crippen MR) is 95.1 cm³/mol. The first kappa shape index (κ1) is 16.6. The van der Waals surface area contributed by atoms with Crippen LogP contribution >= 0.6 is 58.8 Å². The number of nitrogens with zero attached hydrogens (tertiary/aromatic N) is 2. The molecule has 0 saturated heterocycles. The summed E-state index contributed by atoms with van der Waals surface area (Å²) < 4.78 is 0. The number of thioether (sulfide) groups is 1. The van der Waals surface area contributed by atoms with Gasteiger partial charge in [-0.25, -0.2) is 9.97 Å². The lowest BCUT2D eigenvalue weighted by Crippen LogP contribution is -2.20. The van der Waals surface area contributed by atoms with E-state index in [0.717, 1.165) is 0 Å². The van der Waals surface area contributed by atoms with Crippen molar-refractivity contribution in [3.8, 4) is 0 Å². The predicted octanol–water partition coefficient (Wildman–Crippen LogP) is 4.97. The fourth-order valence-corrected chi connectivity index (χ4v) is 2.68. The third-order valence-corrected chi connectivity index (χ3v) is 4.04. The fraction of sp³-hybridized carbons (Fsp3) is 0.0833. The van der Waals surface area contributed by atoms with Crippen molar-refractivity contribution < 1.29 is 0 Å². The van der Waals surface area contributed by atoms with Crippen LogP contribution in [0.1, 0.15) is 0 Å². The second kappa shape index (κ2) is 7.47. The summed E-state index contributed by atoms with van der Waals surface area (Å²) in [5, 5.41) is 7.90. The SMILES string of the molecule is CSc1ncc(NC(=S)Nc2c(Cl)cccc2Cl)c(Cl)n1. The summed E-state index contributed by atoms with van der Waals surface area (Å²) in [5.41, 5.74) is 1.02. The highest BCUT2D eigenvalue weighted by Crippen LogP contribution is 2.30. The summed E-state index contributed by atoms with van der Waals surface area (Å²) in [4.78, 5) is 8.22. The van der Waals surface area contributed by atoms with Crippen LogP contribution < -0.4 is 10.6 Å². The van der Waals surface area contributed by atoms with Crippen LogP contribution in [-0.2, 0) is 0 Å². The minimum absolute atomic E-state index is 0.281. The number of anilines is 2. The van der Waals surface area contributed by atoms with Crippen molar-refractivity contribution >= 4 is 75.3 Å². The van der Waals surface area contributed by atoms with E-state index in [0.29, 0.717) is 26.6 Å². The lowest BCUT2D eigenvalue weighted by Gasteiger charge is -2.13. The molecule has 0 unspecified atom stereocenters. The summed E-state index contributed by atoms with van der Waals surface area (Å²) >= 11 is 24.8. The Kier molecular flexibility index (Phi) is 5.89. The monoisotopic (exact) mass is 378 g/mol. The molecule has 2 N–H and O–H groups in total. The van der Waals surface area contributed by atoms with E-state index in [1.807, 2.05) is 6.26 Å². The third kappa shape index (κ3) is 4.34. The molecule has 0 aliphatic heterocycles. The Morgan fingerprint density at radius 2 is 1.86 bits per heavy atom. The first-order valence-electron chi connectivity index (χ1n) is 5.60. The van der Waals surface area contributed by atoms with E-state index in [9.17, 15) is 0 Å². The van der Waals surface area contributed by atoms with Gasteiger partial charge in [-0.1, -0.05) is 52.6 Å². The average Bonchev–Trinajstić information content (AvgIpc) is 2.45. The van der Waals surface area contributed by atoms with Crippen LogP contribution in [-0.4, -0.2) is 21.3 Å². The molecule has 0 radical (unpaired) electrons. The highest BCUT2D eigenvalue weighted by molar-refractivity contribution is 7.98. The molecule has 110 valence electrons. The quantitative estimate of drug-likeness (QED) is 0.340. The lowest BCUT2D eigenvalue weighted by molar-refractivity contribution is 0.974. The molecule has 21 heavy (non-hydrogen) atoms. The molecule has 0 bridgehead atoms. The van der Waals surface area contributed by atoms with Crippen LogP contribution in [0.4, 0.5) is 11.4 Å². The van der Waals surface area contributed by atoms with Crippen LogP contribution in [0.5, 0.6) is 0 Å². The first-order valence-corrected chi connectivity index (χ1v) is 8.36. The van der Waals surface area contributed by atoms with E-state index in [2.05, 4.69) is 20.6 Å². The maximum absolute atomic E-state index is 6.06. The highest BCUT2D eigenvalue weighted by atomic mass is 35.5. The van der Waals surface area contributed by atoms with Gasteiger partial charge in [0.15, 0.2) is 15.4 Å². The number of para-hydroxylation sites is 1. The zero-order valence-electron chi connectivity index (χ0n) is 10.7. The molecule has 2 rings (SSSR count). The van der Waals surface area contributed by atoms with Crippen molar-refractivity contribution in [1.29, 1.82) is 0 Å². The number of thiocarbonyl (C=S) groups is 1. The average molecular weight is 380 g/mol. The Morgan fingerprint density at radius 3 is 2.43 bits per heavy atom. The number of rotatable bonds is 3. The molecular formula is C12H9Cl3N4S2. The number of benzene rings is 1. The Morgan fingerprint density at radius 1 is 1.19 bits per heavy atom. The minimum Gasteiger partial charge on any atom is -0.330 e. The van der Waals surface area contributed by atoms with Crippen LogP contribution in [0.3, 0.4) is 0 Å². The number of hydrogen-bond acceptors (Lipinski definition) is 4. The van der Waals surface area contributed by atoms with Crippen molar-refractivity contribution in [2.45, 2.75) is 5.16 Å². The molecule has 1 aromatic heterocycles. The molecule has 0 aliphatic rings. The zero-order valence-corrected chi connectivity index (χ0v) is 14.6. The van der Waals surface area contributed by atoms with E-state index in [-0.39, 0.29) is 10.3 Å². The molecular weight excluding hydrogens is 371 g/mol. The molecule has 0 aliphatic carbocycles. The van der Waals surface area contributed by atoms with Crippen LogP contribution in [0.25, 0.3) is 0 Å². The highest BCUT2D eigenvalue weighted by Gasteiger charge is 2.10. The van der Waals surface area contributed by atoms with Gasteiger partial charge in [0.05, 0.1) is 27.6 Å². The minimum atomic E-state index is 0.281. The lowest BCUT2D eigenvalue weighted by atomic mass is 10.3. The Labute approximate surface area is 146 Å². The molecule has 0 spiro atoms. The van der Waals surface area contributed by atoms with Crippen LogP contribution in [0, 0.1) is 0 Å². The number of nitrogens with one attached hydrogen (secondary N) is 2. The van der Waals surface area contributed by atoms with Gasteiger partial charge in [-0.3, -0.25) is 0 Å². The van der Waals surface area contributed by atoms with E-state index in [1.165, 1.54) is 11.8 Å². The van der Waals surface area contributed by atoms with Gasteiger partial charge >= 0.3 is 0 Å². The van der Waals surface area contributed by atoms with Gasteiger partial charge < -0.3 is 10.6 Å². The topological polar surface area (TPSA) is 49.8 Å². The summed E-state index contributed by atoms with van der Waals surface area (Å²) in [6.45, 7) is 0. The van der Waals surface area contributed by atoms with Gasteiger partial charge in [0.2, 0.25) is 0 Å². The second-order valence-electron chi connectivity index (χ2n) is 3.74. The first-order chi connectivity index (χ1) is 10.0. The molecule has 4 nitrogen and oxygen atoms in total. The Balaban J connectivity index is 2.12. The third-order valence-electron chi connectivity index (χ3n) is 2.35. The molecule has 9 heteroatoms. The van der Waals surface area contributed by atoms with Crippen molar-refractivity contribution in [1.82, 2.24) is 9.97 Å². The molecule has 1 aromatic carbocycles. The Hall–Kier alpha value is -0.790. The maximum Gasteiger partial charge on any atom is 0.188 e. The maximum atomic E-state index is 6.06. The summed E-state index contributed by atoms with van der Waals surface area (Å²) in [5.74, 6) is 0. The van der Waals surface area contributed by atoms with Crippen molar-refractivity contribution in [2.24, 2.45) is 0 Å². The molecule has 0 atom stereocenters. The Bertz CT molecular complexity index is 661. The normalized spacial score (nSPS) is 10.3. The van der Waals surface area contributed by atoms with E-state index >= 15 is 0 Å². The van der Waals surface area contributed by atoms with Crippen LogP contribution in [0.2, 0.25) is 15.2 Å². The number of aromatic nitrogens is 2. The van der Waals surface area contributed by atoms with Crippen molar-refractivity contribution in [3.63, 3.8) is 0 Å². The van der Waals surface area contributed by atoms with Gasteiger partial charge in [0.25, 0.3) is 0 Å². The molecule has 0 amide bonds. The van der Waals surface area contributed by atoms with E-state index in [1.54, 1.807) is 24.4 Å². The van der Waals surface area contributed by atoms with E-state index in [4.69, 9.17) is 47.0 Å². The summed E-state index contributed by atoms with van der Waals surface area (Å²) in [7, 11) is 0. The molecule has 2 aromatic rings. The van der Waals surface area contributed by atoms with Gasteiger partial charge in [-0.2, -0.15) is 0 Å². The van der Waals surface area contributed by atoms with Gasteiger partial charge in [-0.15, -0.1) is 0 Å². The standard InChI is InChI=1S/C12H9Cl3N4S2/c1-21-12-16-5-8(10(15)19-12)17-11(20)18-9-6(13)3-2-4-7(9)14/h2-5H,1H3,(H2,17,18,20). The molecule has 0 fully saturated rings. The van der Waals surface area contributed by atoms with Crippen molar-refractivity contribution in [3.05, 3.63) is 39.6 Å². The molecule has 1 heterocycles. The largest absolute Gasteiger partial charge is 0.330 e. The van der Waals surface area contributed by atoms with Gasteiger partial charge in [0.1, 0.15) is 0 Å². The number of hydrogen-bond donors (Lipinski definition) is 2. The van der Waals surface area contributed by atoms with Gasteiger partial charge in [0, 0.05) is 0 Å². The second-order valence-corrected chi connectivity index (χ2v) is 6.09. The fourth-order valence-electron chi connectivity index (χ4n) is 1.41. The molecule has 0 saturated carbocycles. The summed E-state index contributed by atoms with van der Waals surface area (Å²) in [6.07, 6.45) is 3.42. The summed E-state index contributed by atoms with van der Waals surface area (Å²) in [6, 6.07) is 5.17. The van der Waals surface area contributed by atoms with Gasteiger partial charge in [-0.05, 0) is 30.6 Å². The number of halogens is 3. The van der Waals surface area contributed by atoms with Crippen LogP contribution in [0.15, 0.2) is 29.6 Å². The van der Waals surface area contributed by atoms with Crippen molar-refractivity contribution in [2.75, 3.05) is 16.9 Å². The van der Waals surface area contributed by atoms with E-state index < -0.39 is 0 Å². The smallest absolute Gasteiger partial charge is 0.188 e.